The number of nitrogens with zero attached hydrogens (tertiary/aromatic N) is 1. The maximum absolute atomic E-state index is 12.6. The smallest absolute Gasteiger partial charge is 0.249 e. The van der Waals surface area contributed by atoms with Crippen LogP contribution in [-0.2, 0) is 4.79 Å². The first kappa shape index (κ1) is 20.9. The third-order valence-corrected chi connectivity index (χ3v) is 5.60. The molecule has 156 valence electrons. The lowest BCUT2D eigenvalue weighted by atomic mass is 9.99. The van der Waals surface area contributed by atoms with Crippen molar-refractivity contribution >= 4 is 44.2 Å². The third-order valence-electron chi connectivity index (χ3n) is 5.07. The Morgan fingerprint density at radius 2 is 1.97 bits per heavy atom. The Bertz CT molecular complexity index is 1290. The van der Waals surface area contributed by atoms with Crippen LogP contribution in [-0.4, -0.2) is 18.0 Å². The number of benzene rings is 2. The lowest BCUT2D eigenvalue weighted by molar-refractivity contribution is -0.111. The van der Waals surface area contributed by atoms with Crippen molar-refractivity contribution < 1.29 is 13.9 Å². The van der Waals surface area contributed by atoms with Crippen molar-refractivity contribution in [2.45, 2.75) is 13.8 Å². The summed E-state index contributed by atoms with van der Waals surface area (Å²) in [6.07, 6.45) is 4.95. The van der Waals surface area contributed by atoms with Gasteiger partial charge in [-0.15, -0.1) is 0 Å². The topological polar surface area (TPSA) is 64.4 Å². The summed E-state index contributed by atoms with van der Waals surface area (Å²) in [4.78, 5) is 16.8. The van der Waals surface area contributed by atoms with E-state index in [0.717, 1.165) is 43.3 Å². The third kappa shape index (κ3) is 4.39. The molecule has 5 nitrogen and oxygen atoms in total. The van der Waals surface area contributed by atoms with Crippen LogP contribution in [0.15, 0.2) is 76.0 Å². The van der Waals surface area contributed by atoms with Crippen LogP contribution in [0.5, 0.6) is 5.75 Å². The van der Waals surface area contributed by atoms with Crippen LogP contribution < -0.4 is 10.1 Å². The number of aromatic nitrogens is 1. The molecule has 2 aromatic carbocycles. The zero-order valence-electron chi connectivity index (χ0n) is 17.4. The summed E-state index contributed by atoms with van der Waals surface area (Å²) in [5.74, 6) is 0.938. The van der Waals surface area contributed by atoms with Crippen LogP contribution in [0.2, 0.25) is 0 Å². The molecule has 1 N–H and O–H groups in total. The van der Waals surface area contributed by atoms with E-state index < -0.39 is 0 Å². The Kier molecular flexibility index (Phi) is 5.91. The van der Waals surface area contributed by atoms with Gasteiger partial charge in [-0.1, -0.05) is 34.1 Å². The molecule has 6 heteroatoms. The van der Waals surface area contributed by atoms with Crippen molar-refractivity contribution in [2.24, 2.45) is 0 Å². The Hall–Kier alpha value is -3.38. The summed E-state index contributed by atoms with van der Waals surface area (Å²) < 4.78 is 12.4. The van der Waals surface area contributed by atoms with Crippen LogP contribution in [0.25, 0.3) is 27.7 Å². The van der Waals surface area contributed by atoms with Gasteiger partial charge in [-0.3, -0.25) is 4.79 Å². The highest BCUT2D eigenvalue weighted by Gasteiger charge is 2.15. The molecule has 0 unspecified atom stereocenters. The van der Waals surface area contributed by atoms with Crippen LogP contribution in [0.3, 0.4) is 0 Å². The number of halogens is 1. The second-order valence-corrected chi connectivity index (χ2v) is 8.11. The molecule has 0 aliphatic rings. The fraction of sp³-hybridized carbons (Fsp3) is 0.120. The Morgan fingerprint density at radius 1 is 1.19 bits per heavy atom. The average molecular weight is 477 g/mol. The molecule has 0 aliphatic heterocycles. The number of furan rings is 1. The van der Waals surface area contributed by atoms with Crippen molar-refractivity contribution in [1.82, 2.24) is 4.98 Å². The molecule has 0 radical (unpaired) electrons. The number of aryl methyl sites for hydroxylation is 1. The minimum atomic E-state index is -0.248. The molecule has 0 bridgehead atoms. The standard InChI is InChI=1S/C25H21BrN2O3/c1-15-5-4-10-27-25(15)28-24(29)11-16(2)19-12-20-21(17-6-8-18(26)9-7-17)14-31-23(20)13-22(19)30-3/h4-14H,1-3H3,(H,27,28,29)/b16-11+. The number of methoxy groups -OCH3 is 1. The van der Waals surface area contributed by atoms with Gasteiger partial charge in [0.25, 0.3) is 0 Å². The van der Waals surface area contributed by atoms with E-state index in [2.05, 4.69) is 26.2 Å². The van der Waals surface area contributed by atoms with Crippen molar-refractivity contribution in [2.75, 3.05) is 12.4 Å². The van der Waals surface area contributed by atoms with Crippen molar-refractivity contribution in [1.29, 1.82) is 0 Å². The monoisotopic (exact) mass is 476 g/mol. The van der Waals surface area contributed by atoms with Gasteiger partial charge in [-0.2, -0.15) is 0 Å². The Balaban J connectivity index is 1.72. The SMILES string of the molecule is COc1cc2occ(-c3ccc(Br)cc3)c2cc1/C(C)=C/C(=O)Nc1ncccc1C. The highest BCUT2D eigenvalue weighted by atomic mass is 79.9. The van der Waals surface area contributed by atoms with Crippen LogP contribution in [0.1, 0.15) is 18.1 Å². The minimum Gasteiger partial charge on any atom is -0.496 e. The lowest BCUT2D eigenvalue weighted by Gasteiger charge is -2.10. The number of carbonyl (C=O) groups excluding carboxylic acids is 1. The number of fused-ring (bicyclic) bond motifs is 1. The fourth-order valence-electron chi connectivity index (χ4n) is 3.43. The van der Waals surface area contributed by atoms with E-state index in [1.54, 1.807) is 25.6 Å². The van der Waals surface area contributed by atoms with E-state index in [0.29, 0.717) is 11.6 Å². The average Bonchev–Trinajstić information content (AvgIpc) is 3.17. The molecule has 2 aromatic heterocycles. The zero-order valence-corrected chi connectivity index (χ0v) is 19.0. The number of hydrogen-bond donors (Lipinski definition) is 1. The number of allylic oxidation sites excluding steroid dienone is 1. The molecule has 4 aromatic rings. The van der Waals surface area contributed by atoms with Gasteiger partial charge in [-0.25, -0.2) is 4.98 Å². The van der Waals surface area contributed by atoms with Gasteiger partial charge >= 0.3 is 0 Å². The number of pyridine rings is 1. The van der Waals surface area contributed by atoms with Gasteiger partial charge in [0.1, 0.15) is 17.2 Å². The minimum absolute atomic E-state index is 0.248. The second-order valence-electron chi connectivity index (χ2n) is 7.19. The van der Waals surface area contributed by atoms with E-state index in [1.807, 2.05) is 62.4 Å². The molecule has 2 heterocycles. The molecule has 0 saturated heterocycles. The van der Waals surface area contributed by atoms with E-state index >= 15 is 0 Å². The number of nitrogens with one attached hydrogen (secondary N) is 1. The second kappa shape index (κ2) is 8.78. The van der Waals surface area contributed by atoms with Gasteiger partial charge in [0.2, 0.25) is 5.91 Å². The quantitative estimate of drug-likeness (QED) is 0.328. The maximum Gasteiger partial charge on any atom is 0.249 e. The summed E-state index contributed by atoms with van der Waals surface area (Å²) in [5.41, 5.74) is 5.24. The molecule has 0 atom stereocenters. The predicted molar refractivity (Wildman–Crippen MR) is 127 cm³/mol. The van der Waals surface area contributed by atoms with Gasteiger partial charge < -0.3 is 14.5 Å². The Labute approximate surface area is 188 Å². The van der Waals surface area contributed by atoms with Gasteiger partial charge in [0, 0.05) is 39.3 Å². The fourth-order valence-corrected chi connectivity index (χ4v) is 3.69. The largest absolute Gasteiger partial charge is 0.496 e. The molecule has 1 amide bonds. The molecule has 0 saturated carbocycles. The first-order valence-corrected chi connectivity index (χ1v) is 10.5. The van der Waals surface area contributed by atoms with Gasteiger partial charge in [0.05, 0.1) is 13.4 Å². The predicted octanol–water partition coefficient (Wildman–Crippen LogP) is 6.62. The van der Waals surface area contributed by atoms with Crippen LogP contribution in [0.4, 0.5) is 5.82 Å². The first-order valence-electron chi connectivity index (χ1n) is 9.72. The first-order chi connectivity index (χ1) is 15.0. The highest BCUT2D eigenvalue weighted by molar-refractivity contribution is 9.10. The lowest BCUT2D eigenvalue weighted by Crippen LogP contribution is -2.11. The highest BCUT2D eigenvalue weighted by Crippen LogP contribution is 2.37. The number of hydrogen-bond acceptors (Lipinski definition) is 4. The van der Waals surface area contributed by atoms with E-state index in [4.69, 9.17) is 9.15 Å². The number of amides is 1. The van der Waals surface area contributed by atoms with E-state index in [-0.39, 0.29) is 5.91 Å². The van der Waals surface area contributed by atoms with Crippen LogP contribution >= 0.6 is 15.9 Å². The van der Waals surface area contributed by atoms with Crippen LogP contribution in [0, 0.1) is 6.92 Å². The summed E-state index contributed by atoms with van der Waals surface area (Å²) in [6.45, 7) is 3.78. The summed E-state index contributed by atoms with van der Waals surface area (Å²) >= 11 is 3.47. The normalized spacial score (nSPS) is 11.5. The summed E-state index contributed by atoms with van der Waals surface area (Å²) in [5, 5.41) is 3.78. The Morgan fingerprint density at radius 3 is 2.68 bits per heavy atom. The zero-order chi connectivity index (χ0) is 22.0. The van der Waals surface area contributed by atoms with E-state index in [1.165, 1.54) is 0 Å². The number of anilines is 1. The molecular formula is C25H21BrN2O3. The van der Waals surface area contributed by atoms with Crippen molar-refractivity contribution in [3.05, 3.63) is 82.7 Å². The molecule has 31 heavy (non-hydrogen) atoms. The summed E-state index contributed by atoms with van der Waals surface area (Å²) in [6, 6.07) is 15.6. The molecule has 0 aliphatic carbocycles. The van der Waals surface area contributed by atoms with E-state index in [9.17, 15) is 4.79 Å². The maximum atomic E-state index is 12.6. The summed E-state index contributed by atoms with van der Waals surface area (Å²) in [7, 11) is 1.61. The molecule has 0 fully saturated rings. The van der Waals surface area contributed by atoms with Gasteiger partial charge in [-0.05, 0) is 54.8 Å². The molecule has 0 spiro atoms. The van der Waals surface area contributed by atoms with Gasteiger partial charge in [0.15, 0.2) is 0 Å². The molecular weight excluding hydrogens is 456 g/mol. The van der Waals surface area contributed by atoms with Crippen molar-refractivity contribution in [3.63, 3.8) is 0 Å². The molecule has 4 rings (SSSR count). The number of rotatable bonds is 5. The number of ether oxygens (including phenoxy) is 1. The van der Waals surface area contributed by atoms with Crippen molar-refractivity contribution in [3.8, 4) is 16.9 Å². The number of carbonyl (C=O) groups is 1.